The Labute approximate surface area is 90.4 Å². The molecule has 82 valence electrons. The molecule has 1 aromatic carbocycles. The third kappa shape index (κ3) is 5.20. The number of hydrogen-bond acceptors (Lipinski definition) is 3. The van der Waals surface area contributed by atoms with Crippen LogP contribution in [-0.2, 0) is 4.74 Å². The van der Waals surface area contributed by atoms with Gasteiger partial charge in [-0.2, -0.15) is 0 Å². The van der Waals surface area contributed by atoms with Crippen LogP contribution in [0.25, 0.3) is 0 Å². The summed E-state index contributed by atoms with van der Waals surface area (Å²) in [5.74, 6) is 0. The second-order valence-electron chi connectivity index (χ2n) is 3.23. The predicted molar refractivity (Wildman–Crippen MR) is 62.0 cm³/mol. The SMILES string of the molecule is C=CCOC[C@@H](O)CNc1ccccc1. The van der Waals surface area contributed by atoms with E-state index in [4.69, 9.17) is 4.74 Å². The first-order chi connectivity index (χ1) is 7.33. The summed E-state index contributed by atoms with van der Waals surface area (Å²) in [5.41, 5.74) is 1.00. The first-order valence-electron chi connectivity index (χ1n) is 4.98. The van der Waals surface area contributed by atoms with Crippen molar-refractivity contribution in [1.82, 2.24) is 0 Å². The molecule has 0 heterocycles. The maximum atomic E-state index is 9.52. The highest BCUT2D eigenvalue weighted by Gasteiger charge is 2.02. The number of hydrogen-bond donors (Lipinski definition) is 2. The maximum Gasteiger partial charge on any atom is 0.0945 e. The van der Waals surface area contributed by atoms with Crippen LogP contribution < -0.4 is 5.32 Å². The van der Waals surface area contributed by atoms with Gasteiger partial charge in [-0.1, -0.05) is 24.3 Å². The van der Waals surface area contributed by atoms with E-state index in [1.54, 1.807) is 6.08 Å². The number of aliphatic hydroxyl groups is 1. The fraction of sp³-hybridized carbons (Fsp3) is 0.333. The number of anilines is 1. The lowest BCUT2D eigenvalue weighted by atomic mass is 10.3. The van der Waals surface area contributed by atoms with Gasteiger partial charge >= 0.3 is 0 Å². The summed E-state index contributed by atoms with van der Waals surface area (Å²) in [7, 11) is 0. The molecule has 3 nitrogen and oxygen atoms in total. The smallest absolute Gasteiger partial charge is 0.0945 e. The molecule has 0 unspecified atom stereocenters. The summed E-state index contributed by atoms with van der Waals surface area (Å²) in [6.07, 6.45) is 1.17. The first kappa shape index (κ1) is 11.8. The van der Waals surface area contributed by atoms with Crippen molar-refractivity contribution in [2.45, 2.75) is 6.10 Å². The number of para-hydroxylation sites is 1. The Morgan fingerprint density at radius 3 is 2.80 bits per heavy atom. The van der Waals surface area contributed by atoms with E-state index in [1.807, 2.05) is 30.3 Å². The van der Waals surface area contributed by atoms with E-state index in [-0.39, 0.29) is 0 Å². The molecule has 2 N–H and O–H groups in total. The van der Waals surface area contributed by atoms with Crippen LogP contribution in [0.5, 0.6) is 0 Å². The highest BCUT2D eigenvalue weighted by molar-refractivity contribution is 5.42. The van der Waals surface area contributed by atoms with Gasteiger partial charge in [0.2, 0.25) is 0 Å². The zero-order valence-electron chi connectivity index (χ0n) is 8.73. The Balaban J connectivity index is 2.16. The normalized spacial score (nSPS) is 12.1. The van der Waals surface area contributed by atoms with Gasteiger partial charge in [0.25, 0.3) is 0 Å². The van der Waals surface area contributed by atoms with E-state index in [0.717, 1.165) is 5.69 Å². The van der Waals surface area contributed by atoms with E-state index in [1.165, 1.54) is 0 Å². The van der Waals surface area contributed by atoms with Crippen LogP contribution in [0.2, 0.25) is 0 Å². The third-order valence-electron chi connectivity index (χ3n) is 1.86. The summed E-state index contributed by atoms with van der Waals surface area (Å²) in [6.45, 7) is 4.82. The summed E-state index contributed by atoms with van der Waals surface area (Å²) in [4.78, 5) is 0. The summed E-state index contributed by atoms with van der Waals surface area (Å²) in [5, 5.41) is 12.6. The Bertz CT molecular complexity index is 274. The van der Waals surface area contributed by atoms with Crippen LogP contribution in [0.4, 0.5) is 5.69 Å². The molecule has 0 aliphatic carbocycles. The van der Waals surface area contributed by atoms with Crippen molar-refractivity contribution in [2.24, 2.45) is 0 Å². The molecule has 0 aliphatic rings. The van der Waals surface area contributed by atoms with Crippen LogP contribution in [0.1, 0.15) is 0 Å². The van der Waals surface area contributed by atoms with Crippen molar-refractivity contribution >= 4 is 5.69 Å². The van der Waals surface area contributed by atoms with Crippen molar-refractivity contribution in [1.29, 1.82) is 0 Å². The van der Waals surface area contributed by atoms with Gasteiger partial charge < -0.3 is 15.2 Å². The van der Waals surface area contributed by atoms with Crippen molar-refractivity contribution in [3.63, 3.8) is 0 Å². The van der Waals surface area contributed by atoms with Crippen molar-refractivity contribution in [3.8, 4) is 0 Å². The van der Waals surface area contributed by atoms with E-state index >= 15 is 0 Å². The van der Waals surface area contributed by atoms with Crippen molar-refractivity contribution in [2.75, 3.05) is 25.1 Å². The highest BCUT2D eigenvalue weighted by Crippen LogP contribution is 2.04. The maximum absolute atomic E-state index is 9.52. The van der Waals surface area contributed by atoms with Gasteiger partial charge in [0.15, 0.2) is 0 Å². The molecule has 0 amide bonds. The van der Waals surface area contributed by atoms with E-state index in [9.17, 15) is 5.11 Å². The van der Waals surface area contributed by atoms with Gasteiger partial charge in [-0.05, 0) is 12.1 Å². The Morgan fingerprint density at radius 1 is 1.40 bits per heavy atom. The van der Waals surface area contributed by atoms with E-state index in [2.05, 4.69) is 11.9 Å². The second-order valence-corrected chi connectivity index (χ2v) is 3.23. The van der Waals surface area contributed by atoms with Crippen LogP contribution in [0, 0.1) is 0 Å². The lowest BCUT2D eigenvalue weighted by Gasteiger charge is -2.12. The molecule has 0 aliphatic heterocycles. The summed E-state index contributed by atoms with van der Waals surface area (Å²) < 4.78 is 5.12. The highest BCUT2D eigenvalue weighted by atomic mass is 16.5. The lowest BCUT2D eigenvalue weighted by molar-refractivity contribution is 0.0566. The molecule has 0 saturated carbocycles. The minimum absolute atomic E-state index is 0.325. The number of nitrogens with one attached hydrogen (secondary N) is 1. The molecule has 1 aromatic rings. The van der Waals surface area contributed by atoms with Crippen LogP contribution in [0.15, 0.2) is 43.0 Å². The Hall–Kier alpha value is -1.32. The van der Waals surface area contributed by atoms with Gasteiger partial charge in [0.1, 0.15) is 0 Å². The Kier molecular flexibility index (Phi) is 5.51. The van der Waals surface area contributed by atoms with Gasteiger partial charge in [0.05, 0.1) is 19.3 Å². The molecular formula is C12H17NO2. The minimum atomic E-state index is -0.495. The van der Waals surface area contributed by atoms with Crippen LogP contribution in [0.3, 0.4) is 0 Å². The predicted octanol–water partition coefficient (Wildman–Crippen LogP) is 1.66. The molecular weight excluding hydrogens is 190 g/mol. The number of aliphatic hydroxyl groups excluding tert-OH is 1. The number of rotatable bonds is 7. The van der Waals surface area contributed by atoms with Gasteiger partial charge in [0, 0.05) is 12.2 Å². The van der Waals surface area contributed by atoms with Crippen molar-refractivity contribution in [3.05, 3.63) is 43.0 Å². The fourth-order valence-electron chi connectivity index (χ4n) is 1.14. The molecule has 1 rings (SSSR count). The van der Waals surface area contributed by atoms with E-state index < -0.39 is 6.10 Å². The molecule has 0 saturated heterocycles. The Morgan fingerprint density at radius 2 is 2.13 bits per heavy atom. The van der Waals surface area contributed by atoms with Gasteiger partial charge in [-0.3, -0.25) is 0 Å². The molecule has 0 fully saturated rings. The second kappa shape index (κ2) is 7.04. The molecule has 3 heteroatoms. The average Bonchev–Trinajstić information content (AvgIpc) is 2.28. The molecule has 0 aromatic heterocycles. The molecule has 1 atom stereocenters. The van der Waals surface area contributed by atoms with Gasteiger partial charge in [-0.15, -0.1) is 6.58 Å². The monoisotopic (exact) mass is 207 g/mol. The number of ether oxygens (including phenoxy) is 1. The molecule has 0 radical (unpaired) electrons. The first-order valence-corrected chi connectivity index (χ1v) is 4.98. The molecule has 15 heavy (non-hydrogen) atoms. The quantitative estimate of drug-likeness (QED) is 0.528. The van der Waals surface area contributed by atoms with Crippen LogP contribution >= 0.6 is 0 Å². The summed E-state index contributed by atoms with van der Waals surface area (Å²) in [6, 6.07) is 9.76. The number of benzene rings is 1. The zero-order chi connectivity index (χ0) is 10.9. The third-order valence-corrected chi connectivity index (χ3v) is 1.86. The standard InChI is InChI=1S/C12H17NO2/c1-2-8-15-10-12(14)9-13-11-6-4-3-5-7-11/h2-7,12-14H,1,8-10H2/t12-/m0/s1. The van der Waals surface area contributed by atoms with Gasteiger partial charge in [-0.25, -0.2) is 0 Å². The largest absolute Gasteiger partial charge is 0.389 e. The fourth-order valence-corrected chi connectivity index (χ4v) is 1.14. The average molecular weight is 207 g/mol. The van der Waals surface area contributed by atoms with E-state index in [0.29, 0.717) is 19.8 Å². The topological polar surface area (TPSA) is 41.5 Å². The van der Waals surface area contributed by atoms with Crippen molar-refractivity contribution < 1.29 is 9.84 Å². The summed E-state index contributed by atoms with van der Waals surface area (Å²) >= 11 is 0. The molecule has 0 spiro atoms. The minimum Gasteiger partial charge on any atom is -0.389 e. The lowest BCUT2D eigenvalue weighted by Crippen LogP contribution is -2.24. The zero-order valence-corrected chi connectivity index (χ0v) is 8.73. The molecule has 0 bridgehead atoms. The van der Waals surface area contributed by atoms with Crippen LogP contribution in [-0.4, -0.2) is 31.0 Å².